The van der Waals surface area contributed by atoms with Crippen molar-refractivity contribution in [1.29, 1.82) is 0 Å². The van der Waals surface area contributed by atoms with Crippen LogP contribution >= 0.6 is 11.3 Å². The van der Waals surface area contributed by atoms with E-state index in [1.165, 1.54) is 4.88 Å². The summed E-state index contributed by atoms with van der Waals surface area (Å²) >= 11 is 1.71. The van der Waals surface area contributed by atoms with Crippen LogP contribution in [0.1, 0.15) is 16.7 Å². The number of nitrogens with two attached hydrogens (primary N) is 1. The van der Waals surface area contributed by atoms with E-state index in [1.54, 1.807) is 11.3 Å². The molecule has 3 N–H and O–H groups in total. The second-order valence-electron chi connectivity index (χ2n) is 4.51. The number of fused-ring (bicyclic) bond motifs is 1. The molecule has 98 valence electrons. The first-order valence-corrected chi connectivity index (χ1v) is 7.07. The quantitative estimate of drug-likeness (QED) is 0.566. The van der Waals surface area contributed by atoms with Gasteiger partial charge in [0.05, 0.1) is 17.1 Å². The topological polar surface area (TPSA) is 55.9 Å². The molecule has 0 aliphatic heterocycles. The molecule has 1 unspecified atom stereocenters. The highest BCUT2D eigenvalue weighted by Crippen LogP contribution is 2.23. The van der Waals surface area contributed by atoms with Crippen molar-refractivity contribution in [3.8, 4) is 0 Å². The van der Waals surface area contributed by atoms with Crippen molar-refractivity contribution < 1.29 is 0 Å². The van der Waals surface area contributed by atoms with E-state index in [1.807, 2.05) is 31.3 Å². The van der Waals surface area contributed by atoms with Gasteiger partial charge in [0.2, 0.25) is 0 Å². The van der Waals surface area contributed by atoms with Gasteiger partial charge in [-0.05, 0) is 23.6 Å². The minimum Gasteiger partial charge on any atom is -0.331 e. The summed E-state index contributed by atoms with van der Waals surface area (Å²) in [4.78, 5) is 5.91. The summed E-state index contributed by atoms with van der Waals surface area (Å²) in [6.45, 7) is 0. The average molecular weight is 272 g/mol. The van der Waals surface area contributed by atoms with Crippen LogP contribution in [0.2, 0.25) is 0 Å². The summed E-state index contributed by atoms with van der Waals surface area (Å²) < 4.78 is 2.13. The molecule has 19 heavy (non-hydrogen) atoms. The minimum atomic E-state index is 0.107. The number of benzene rings is 1. The van der Waals surface area contributed by atoms with Crippen molar-refractivity contribution in [1.82, 2.24) is 15.0 Å². The highest BCUT2D eigenvalue weighted by molar-refractivity contribution is 7.10. The van der Waals surface area contributed by atoms with E-state index in [2.05, 4.69) is 32.5 Å². The average Bonchev–Trinajstić information content (AvgIpc) is 3.06. The van der Waals surface area contributed by atoms with Gasteiger partial charge in [0.25, 0.3) is 0 Å². The van der Waals surface area contributed by atoms with Gasteiger partial charge in [-0.15, -0.1) is 11.3 Å². The largest absolute Gasteiger partial charge is 0.331 e. The van der Waals surface area contributed by atoms with Gasteiger partial charge < -0.3 is 4.57 Å². The molecule has 0 aliphatic rings. The van der Waals surface area contributed by atoms with Gasteiger partial charge in [0.15, 0.2) is 0 Å². The molecule has 3 aromatic rings. The molecule has 0 radical (unpaired) electrons. The Balaban J connectivity index is 1.94. The van der Waals surface area contributed by atoms with E-state index >= 15 is 0 Å². The van der Waals surface area contributed by atoms with Crippen LogP contribution in [-0.4, -0.2) is 9.55 Å². The predicted octanol–water partition coefficient (Wildman–Crippen LogP) is 2.38. The maximum atomic E-state index is 5.68. The maximum absolute atomic E-state index is 5.68. The fourth-order valence-electron chi connectivity index (χ4n) is 2.29. The van der Waals surface area contributed by atoms with Crippen molar-refractivity contribution in [2.45, 2.75) is 12.5 Å². The molecule has 3 rings (SSSR count). The SMILES string of the molecule is Cn1c(CC(NN)c2cccs2)nc2ccccc21. The summed E-state index contributed by atoms with van der Waals surface area (Å²) in [5.41, 5.74) is 5.06. The Kier molecular flexibility index (Phi) is 3.33. The molecule has 0 spiro atoms. The molecule has 1 aromatic carbocycles. The number of aromatic nitrogens is 2. The van der Waals surface area contributed by atoms with Crippen LogP contribution < -0.4 is 11.3 Å². The molecule has 0 saturated carbocycles. The zero-order valence-corrected chi connectivity index (χ0v) is 11.5. The molecule has 0 saturated heterocycles. The summed E-state index contributed by atoms with van der Waals surface area (Å²) in [5.74, 6) is 6.72. The molecule has 0 bridgehead atoms. The maximum Gasteiger partial charge on any atom is 0.111 e. The first kappa shape index (κ1) is 12.3. The van der Waals surface area contributed by atoms with E-state index in [4.69, 9.17) is 5.84 Å². The first-order chi connectivity index (χ1) is 9.29. The molecule has 0 aliphatic carbocycles. The summed E-state index contributed by atoms with van der Waals surface area (Å²) in [5, 5.41) is 2.06. The van der Waals surface area contributed by atoms with Gasteiger partial charge in [-0.1, -0.05) is 18.2 Å². The summed E-state index contributed by atoms with van der Waals surface area (Å²) in [6.07, 6.45) is 0.780. The van der Waals surface area contributed by atoms with Crippen LogP contribution in [0.15, 0.2) is 41.8 Å². The Hall–Kier alpha value is -1.69. The van der Waals surface area contributed by atoms with Crippen LogP contribution in [0.25, 0.3) is 11.0 Å². The van der Waals surface area contributed by atoms with Crippen molar-refractivity contribution in [2.24, 2.45) is 12.9 Å². The van der Waals surface area contributed by atoms with Gasteiger partial charge in [0.1, 0.15) is 5.82 Å². The zero-order chi connectivity index (χ0) is 13.2. The number of hydrogen-bond acceptors (Lipinski definition) is 4. The standard InChI is InChI=1S/C14H16N4S/c1-18-12-6-3-2-5-10(12)16-14(18)9-11(17-15)13-7-4-8-19-13/h2-8,11,17H,9,15H2,1H3. The van der Waals surface area contributed by atoms with E-state index < -0.39 is 0 Å². The van der Waals surface area contributed by atoms with Crippen molar-refractivity contribution in [3.63, 3.8) is 0 Å². The predicted molar refractivity (Wildman–Crippen MR) is 78.8 cm³/mol. The van der Waals surface area contributed by atoms with Gasteiger partial charge in [-0.25, -0.2) is 4.98 Å². The van der Waals surface area contributed by atoms with Gasteiger partial charge in [-0.2, -0.15) is 0 Å². The van der Waals surface area contributed by atoms with E-state index in [0.717, 1.165) is 23.3 Å². The number of hydrazine groups is 1. The van der Waals surface area contributed by atoms with Crippen molar-refractivity contribution >= 4 is 22.4 Å². The lowest BCUT2D eigenvalue weighted by Crippen LogP contribution is -2.29. The summed E-state index contributed by atoms with van der Waals surface area (Å²) in [7, 11) is 2.05. The molecular formula is C14H16N4S. The van der Waals surface area contributed by atoms with Crippen LogP contribution in [0.4, 0.5) is 0 Å². The van der Waals surface area contributed by atoms with Gasteiger partial charge in [-0.3, -0.25) is 11.3 Å². The molecule has 1 atom stereocenters. The third-order valence-corrected chi connectivity index (χ3v) is 4.34. The number of nitrogens with zero attached hydrogens (tertiary/aromatic N) is 2. The van der Waals surface area contributed by atoms with Crippen LogP contribution in [-0.2, 0) is 13.5 Å². The minimum absolute atomic E-state index is 0.107. The Bertz CT molecular complexity index is 672. The highest BCUT2D eigenvalue weighted by Gasteiger charge is 2.15. The fourth-order valence-corrected chi connectivity index (χ4v) is 3.08. The smallest absolute Gasteiger partial charge is 0.111 e. The lowest BCUT2D eigenvalue weighted by Gasteiger charge is -2.13. The van der Waals surface area contributed by atoms with E-state index in [-0.39, 0.29) is 6.04 Å². The van der Waals surface area contributed by atoms with Crippen LogP contribution in [0.5, 0.6) is 0 Å². The third-order valence-electron chi connectivity index (χ3n) is 3.35. The lowest BCUT2D eigenvalue weighted by molar-refractivity contribution is 0.540. The monoisotopic (exact) mass is 272 g/mol. The molecule has 2 heterocycles. The first-order valence-electron chi connectivity index (χ1n) is 6.19. The van der Waals surface area contributed by atoms with Crippen LogP contribution in [0.3, 0.4) is 0 Å². The Morgan fingerprint density at radius 1 is 1.32 bits per heavy atom. The van der Waals surface area contributed by atoms with Gasteiger partial charge in [0, 0.05) is 18.3 Å². The van der Waals surface area contributed by atoms with Gasteiger partial charge >= 0.3 is 0 Å². The molecule has 5 heteroatoms. The van der Waals surface area contributed by atoms with Crippen molar-refractivity contribution in [2.75, 3.05) is 0 Å². The number of thiophene rings is 1. The van der Waals surface area contributed by atoms with E-state index in [9.17, 15) is 0 Å². The molecule has 2 aromatic heterocycles. The van der Waals surface area contributed by atoms with Crippen molar-refractivity contribution in [3.05, 3.63) is 52.5 Å². The Morgan fingerprint density at radius 3 is 2.84 bits per heavy atom. The fraction of sp³-hybridized carbons (Fsp3) is 0.214. The lowest BCUT2D eigenvalue weighted by atomic mass is 10.2. The summed E-state index contributed by atoms with van der Waals surface area (Å²) in [6, 6.07) is 12.4. The molecule has 0 fully saturated rings. The third kappa shape index (κ3) is 2.28. The Labute approximate surface area is 115 Å². The van der Waals surface area contributed by atoms with E-state index in [0.29, 0.717) is 0 Å². The highest BCUT2D eigenvalue weighted by atomic mass is 32.1. The number of rotatable bonds is 4. The number of para-hydroxylation sites is 2. The van der Waals surface area contributed by atoms with Crippen LogP contribution in [0, 0.1) is 0 Å². The Morgan fingerprint density at radius 2 is 2.16 bits per heavy atom. The number of imidazole rings is 1. The normalized spacial score (nSPS) is 12.9. The second kappa shape index (κ2) is 5.13. The number of hydrogen-bond donors (Lipinski definition) is 2. The number of aryl methyl sites for hydroxylation is 1. The molecule has 4 nitrogen and oxygen atoms in total. The second-order valence-corrected chi connectivity index (χ2v) is 5.49. The molecular weight excluding hydrogens is 256 g/mol. The number of nitrogens with one attached hydrogen (secondary N) is 1. The molecule has 0 amide bonds. The zero-order valence-electron chi connectivity index (χ0n) is 10.7.